The van der Waals surface area contributed by atoms with Gasteiger partial charge in [0, 0.05) is 35.6 Å². The minimum Gasteiger partial charge on any atom is -0.307 e. The lowest BCUT2D eigenvalue weighted by Gasteiger charge is -2.11. The molecule has 2 aromatic rings. The van der Waals surface area contributed by atoms with Crippen molar-refractivity contribution in [1.82, 2.24) is 20.5 Å². The van der Waals surface area contributed by atoms with E-state index >= 15 is 0 Å². The Kier molecular flexibility index (Phi) is 2.44. The predicted molar refractivity (Wildman–Crippen MR) is 66.3 cm³/mol. The van der Waals surface area contributed by atoms with Crippen LogP contribution in [0.3, 0.4) is 0 Å². The first-order valence-corrected chi connectivity index (χ1v) is 5.95. The summed E-state index contributed by atoms with van der Waals surface area (Å²) >= 11 is 0. The van der Waals surface area contributed by atoms with E-state index in [9.17, 15) is 0 Å². The third kappa shape index (κ3) is 2.22. The fourth-order valence-corrected chi connectivity index (χ4v) is 1.88. The second-order valence-electron chi connectivity index (χ2n) is 4.93. The van der Waals surface area contributed by atoms with E-state index in [-0.39, 0.29) is 0 Å². The molecular formula is C13H16N4. The van der Waals surface area contributed by atoms with Crippen molar-refractivity contribution in [2.24, 2.45) is 0 Å². The molecule has 1 aliphatic carbocycles. The summed E-state index contributed by atoms with van der Waals surface area (Å²) in [6.07, 6.45) is 8.07. The predicted octanol–water partition coefficient (Wildman–Crippen LogP) is 2.11. The van der Waals surface area contributed by atoms with Crippen LogP contribution < -0.4 is 5.32 Å². The van der Waals surface area contributed by atoms with Gasteiger partial charge in [0.15, 0.2) is 0 Å². The fraction of sp³-hybridized carbons (Fsp3) is 0.385. The Morgan fingerprint density at radius 3 is 3.00 bits per heavy atom. The SMILES string of the molecule is CC1(NCc2cn[nH]c2-c2cccnc2)CC1. The molecule has 0 aromatic carbocycles. The Morgan fingerprint density at radius 2 is 2.29 bits per heavy atom. The number of hydrogen-bond acceptors (Lipinski definition) is 3. The van der Waals surface area contributed by atoms with Gasteiger partial charge in [-0.05, 0) is 31.9 Å². The molecule has 88 valence electrons. The maximum atomic E-state index is 4.13. The van der Waals surface area contributed by atoms with Gasteiger partial charge in [0.2, 0.25) is 0 Å². The Balaban J connectivity index is 1.79. The summed E-state index contributed by atoms with van der Waals surface area (Å²) in [4.78, 5) is 4.13. The van der Waals surface area contributed by atoms with E-state index in [0.29, 0.717) is 5.54 Å². The Hall–Kier alpha value is -1.68. The highest BCUT2D eigenvalue weighted by Crippen LogP contribution is 2.34. The Labute approximate surface area is 100 Å². The number of pyridine rings is 1. The van der Waals surface area contributed by atoms with E-state index < -0.39 is 0 Å². The zero-order chi connectivity index (χ0) is 11.7. The average Bonchev–Trinajstić information content (AvgIpc) is 2.93. The van der Waals surface area contributed by atoms with Crippen molar-refractivity contribution >= 4 is 0 Å². The van der Waals surface area contributed by atoms with Gasteiger partial charge in [-0.15, -0.1) is 0 Å². The van der Waals surface area contributed by atoms with Crippen molar-refractivity contribution in [1.29, 1.82) is 0 Å². The molecule has 0 bridgehead atoms. The van der Waals surface area contributed by atoms with Gasteiger partial charge in [0.05, 0.1) is 11.9 Å². The second-order valence-corrected chi connectivity index (χ2v) is 4.93. The molecule has 2 aromatic heterocycles. The van der Waals surface area contributed by atoms with Crippen LogP contribution in [0, 0.1) is 0 Å². The maximum absolute atomic E-state index is 4.13. The molecule has 0 aliphatic heterocycles. The lowest BCUT2D eigenvalue weighted by molar-refractivity contribution is 0.538. The molecule has 0 atom stereocenters. The summed E-state index contributed by atoms with van der Waals surface area (Å²) in [5, 5.41) is 10.7. The molecular weight excluding hydrogens is 212 g/mol. The first kappa shape index (κ1) is 10.5. The third-order valence-corrected chi connectivity index (χ3v) is 3.37. The molecule has 4 nitrogen and oxygen atoms in total. The van der Waals surface area contributed by atoms with Crippen molar-refractivity contribution in [3.8, 4) is 11.3 Å². The van der Waals surface area contributed by atoms with Crippen LogP contribution in [0.2, 0.25) is 0 Å². The first-order chi connectivity index (χ1) is 8.27. The monoisotopic (exact) mass is 228 g/mol. The van der Waals surface area contributed by atoms with Crippen molar-refractivity contribution in [3.05, 3.63) is 36.3 Å². The standard InChI is InChI=1S/C13H16N4/c1-13(4-5-13)15-8-11-9-16-17-12(11)10-3-2-6-14-7-10/h2-3,6-7,9,15H,4-5,8H2,1H3,(H,16,17). The summed E-state index contributed by atoms with van der Waals surface area (Å²) < 4.78 is 0. The Bertz CT molecular complexity index is 499. The normalized spacial score (nSPS) is 17.0. The van der Waals surface area contributed by atoms with Gasteiger partial charge >= 0.3 is 0 Å². The maximum Gasteiger partial charge on any atom is 0.0710 e. The summed E-state index contributed by atoms with van der Waals surface area (Å²) in [5.41, 5.74) is 3.70. The van der Waals surface area contributed by atoms with Crippen LogP contribution >= 0.6 is 0 Å². The summed E-state index contributed by atoms with van der Waals surface area (Å²) in [6.45, 7) is 3.12. The molecule has 0 unspecified atom stereocenters. The van der Waals surface area contributed by atoms with Crippen LogP contribution in [-0.2, 0) is 6.54 Å². The smallest absolute Gasteiger partial charge is 0.0710 e. The van der Waals surface area contributed by atoms with Crippen molar-refractivity contribution in [2.75, 3.05) is 0 Å². The summed E-state index contributed by atoms with van der Waals surface area (Å²) in [7, 11) is 0. The van der Waals surface area contributed by atoms with Crippen LogP contribution in [0.15, 0.2) is 30.7 Å². The van der Waals surface area contributed by atoms with Crippen molar-refractivity contribution < 1.29 is 0 Å². The van der Waals surface area contributed by atoms with Gasteiger partial charge in [-0.1, -0.05) is 0 Å². The number of rotatable bonds is 4. The van der Waals surface area contributed by atoms with E-state index in [2.05, 4.69) is 27.4 Å². The van der Waals surface area contributed by atoms with Gasteiger partial charge in [-0.3, -0.25) is 10.1 Å². The van der Waals surface area contributed by atoms with E-state index in [1.807, 2.05) is 24.5 Å². The van der Waals surface area contributed by atoms with E-state index in [4.69, 9.17) is 0 Å². The van der Waals surface area contributed by atoms with E-state index in [0.717, 1.165) is 17.8 Å². The average molecular weight is 228 g/mol. The number of nitrogens with zero attached hydrogens (tertiary/aromatic N) is 2. The van der Waals surface area contributed by atoms with Crippen LogP contribution in [0.5, 0.6) is 0 Å². The summed E-state index contributed by atoms with van der Waals surface area (Å²) in [6, 6.07) is 3.98. The molecule has 0 radical (unpaired) electrons. The fourth-order valence-electron chi connectivity index (χ4n) is 1.88. The molecule has 2 heterocycles. The highest BCUT2D eigenvalue weighted by molar-refractivity contribution is 5.61. The van der Waals surface area contributed by atoms with E-state index in [1.165, 1.54) is 18.4 Å². The zero-order valence-electron chi connectivity index (χ0n) is 9.90. The first-order valence-electron chi connectivity index (χ1n) is 5.95. The van der Waals surface area contributed by atoms with Gasteiger partial charge in [-0.2, -0.15) is 5.10 Å². The number of H-pyrrole nitrogens is 1. The molecule has 1 fully saturated rings. The topological polar surface area (TPSA) is 53.6 Å². The molecule has 0 spiro atoms. The van der Waals surface area contributed by atoms with Crippen LogP contribution in [0.4, 0.5) is 0 Å². The lowest BCUT2D eigenvalue weighted by Crippen LogP contribution is -2.27. The number of aromatic amines is 1. The molecule has 1 aliphatic rings. The lowest BCUT2D eigenvalue weighted by atomic mass is 10.1. The highest BCUT2D eigenvalue weighted by atomic mass is 15.1. The van der Waals surface area contributed by atoms with Gasteiger partial charge in [0.25, 0.3) is 0 Å². The largest absolute Gasteiger partial charge is 0.307 e. The number of aromatic nitrogens is 3. The van der Waals surface area contributed by atoms with Gasteiger partial charge in [0.1, 0.15) is 0 Å². The van der Waals surface area contributed by atoms with Gasteiger partial charge in [-0.25, -0.2) is 0 Å². The van der Waals surface area contributed by atoms with Gasteiger partial charge < -0.3 is 5.32 Å². The van der Waals surface area contributed by atoms with E-state index in [1.54, 1.807) is 6.20 Å². The van der Waals surface area contributed by atoms with Crippen LogP contribution in [0.25, 0.3) is 11.3 Å². The molecule has 17 heavy (non-hydrogen) atoms. The second kappa shape index (κ2) is 3.96. The number of hydrogen-bond donors (Lipinski definition) is 2. The summed E-state index contributed by atoms with van der Waals surface area (Å²) in [5.74, 6) is 0. The molecule has 0 amide bonds. The van der Waals surface area contributed by atoms with Crippen molar-refractivity contribution in [2.45, 2.75) is 31.8 Å². The minimum atomic E-state index is 0.351. The van der Waals surface area contributed by atoms with Crippen molar-refractivity contribution in [3.63, 3.8) is 0 Å². The minimum absolute atomic E-state index is 0.351. The molecule has 1 saturated carbocycles. The molecule has 4 heteroatoms. The third-order valence-electron chi connectivity index (χ3n) is 3.37. The molecule has 0 saturated heterocycles. The molecule has 2 N–H and O–H groups in total. The Morgan fingerprint density at radius 1 is 1.41 bits per heavy atom. The molecule has 3 rings (SSSR count). The van der Waals surface area contributed by atoms with Crippen LogP contribution in [-0.4, -0.2) is 20.7 Å². The quantitative estimate of drug-likeness (QED) is 0.842. The van der Waals surface area contributed by atoms with Crippen LogP contribution in [0.1, 0.15) is 25.3 Å². The highest BCUT2D eigenvalue weighted by Gasteiger charge is 2.36. The number of nitrogens with one attached hydrogen (secondary N) is 2. The zero-order valence-corrected chi connectivity index (χ0v) is 9.90.